The van der Waals surface area contributed by atoms with Crippen molar-refractivity contribution in [3.63, 3.8) is 0 Å². The third kappa shape index (κ3) is 6.20. The smallest absolute Gasteiger partial charge is 0.225 e. The van der Waals surface area contributed by atoms with E-state index in [0.717, 1.165) is 60.5 Å². The van der Waals surface area contributed by atoms with Crippen LogP contribution in [0.3, 0.4) is 0 Å². The Bertz CT molecular complexity index is 1150. The van der Waals surface area contributed by atoms with E-state index >= 15 is 0 Å². The molecule has 3 aromatic rings. The Labute approximate surface area is 214 Å². The molecule has 1 heterocycles. The van der Waals surface area contributed by atoms with Gasteiger partial charge in [0.2, 0.25) is 5.95 Å². The van der Waals surface area contributed by atoms with Gasteiger partial charge >= 0.3 is 0 Å². The molecule has 35 heavy (non-hydrogen) atoms. The molecule has 7 heteroatoms. The minimum absolute atomic E-state index is 0.396. The van der Waals surface area contributed by atoms with Crippen LogP contribution < -0.4 is 21.3 Å². The number of aromatic nitrogens is 2. The van der Waals surface area contributed by atoms with Crippen molar-refractivity contribution < 1.29 is 0 Å². The minimum Gasteiger partial charge on any atom is -0.372 e. The summed E-state index contributed by atoms with van der Waals surface area (Å²) in [7, 11) is 1.90. The summed E-state index contributed by atoms with van der Waals surface area (Å²) in [5, 5.41) is 15.5. The predicted molar refractivity (Wildman–Crippen MR) is 153 cm³/mol. The molecule has 4 rings (SSSR count). The zero-order valence-electron chi connectivity index (χ0n) is 21.3. The Kier molecular flexibility index (Phi) is 8.39. The number of thiocarbonyl (C=S) groups is 1. The molecule has 1 saturated carbocycles. The fourth-order valence-corrected chi connectivity index (χ4v) is 5.15. The minimum atomic E-state index is 0.396. The average molecular weight is 491 g/mol. The molecule has 2 aromatic carbocycles. The topological polar surface area (TPSA) is 73.9 Å². The first-order chi connectivity index (χ1) is 17.0. The molecule has 0 spiro atoms. The Balaban J connectivity index is 1.28. The number of aryl methyl sites for hydroxylation is 1. The molecular weight excluding hydrogens is 452 g/mol. The first-order valence-corrected chi connectivity index (χ1v) is 13.3. The number of para-hydroxylation sites is 2. The van der Waals surface area contributed by atoms with Gasteiger partial charge in [-0.3, -0.25) is 0 Å². The van der Waals surface area contributed by atoms with E-state index in [1.54, 1.807) is 0 Å². The second-order valence-electron chi connectivity index (χ2n) is 9.75. The number of rotatable bonds is 8. The first-order valence-electron chi connectivity index (χ1n) is 12.9. The third-order valence-corrected chi connectivity index (χ3v) is 7.24. The number of hydrogen-bond acceptors (Lipinski definition) is 5. The van der Waals surface area contributed by atoms with Gasteiger partial charge in [-0.1, -0.05) is 51.1 Å². The summed E-state index contributed by atoms with van der Waals surface area (Å²) in [5.74, 6) is 2.63. The maximum Gasteiger partial charge on any atom is 0.225 e. The van der Waals surface area contributed by atoms with Crippen molar-refractivity contribution in [1.29, 1.82) is 0 Å². The summed E-state index contributed by atoms with van der Waals surface area (Å²) in [4.78, 5) is 9.42. The summed E-state index contributed by atoms with van der Waals surface area (Å²) in [6, 6.07) is 15.0. The molecular formula is C28H38N6S. The average Bonchev–Trinajstić information content (AvgIpc) is 2.87. The molecule has 0 saturated heterocycles. The van der Waals surface area contributed by atoms with E-state index in [9.17, 15) is 0 Å². The lowest BCUT2D eigenvalue weighted by Crippen LogP contribution is -2.36. The van der Waals surface area contributed by atoms with E-state index in [-0.39, 0.29) is 0 Å². The van der Waals surface area contributed by atoms with Gasteiger partial charge in [-0.25, -0.2) is 4.98 Å². The zero-order chi connectivity index (χ0) is 24.8. The summed E-state index contributed by atoms with van der Waals surface area (Å²) in [6.45, 7) is 7.55. The van der Waals surface area contributed by atoms with Gasteiger partial charge < -0.3 is 21.3 Å². The molecule has 0 atom stereocenters. The maximum absolute atomic E-state index is 5.67. The highest BCUT2D eigenvalue weighted by molar-refractivity contribution is 7.80. The van der Waals surface area contributed by atoms with Crippen molar-refractivity contribution in [2.45, 2.75) is 64.8 Å². The van der Waals surface area contributed by atoms with Crippen molar-refractivity contribution in [3.05, 3.63) is 53.6 Å². The quantitative estimate of drug-likeness (QED) is 0.276. The lowest BCUT2D eigenvalue weighted by atomic mass is 9.86. The molecule has 1 aliphatic carbocycles. The van der Waals surface area contributed by atoms with Crippen molar-refractivity contribution in [2.24, 2.45) is 5.92 Å². The summed E-state index contributed by atoms with van der Waals surface area (Å²) < 4.78 is 0. The Morgan fingerprint density at radius 2 is 1.80 bits per heavy atom. The normalized spacial score (nSPS) is 17.9. The fraction of sp³-hybridized carbons (Fsp3) is 0.464. The summed E-state index contributed by atoms with van der Waals surface area (Å²) in [5.41, 5.74) is 4.76. The third-order valence-electron chi connectivity index (χ3n) is 7.00. The van der Waals surface area contributed by atoms with E-state index in [0.29, 0.717) is 23.8 Å². The van der Waals surface area contributed by atoms with E-state index in [2.05, 4.69) is 60.2 Å². The standard InChI is InChI=1S/C28H38N6S/c1-5-20-9-8-11-22(18(2)3)25(20)33-28(35)30-17-19-13-15-21(16-14-19)31-27-32-24-12-7-6-10-23(24)26(29-4)34-27/h6-12,18-19,21H,5,13-17H2,1-4H3,(H2,30,33,35)(H2,29,31,32,34). The number of nitrogens with one attached hydrogen (secondary N) is 4. The molecule has 4 N–H and O–H groups in total. The van der Waals surface area contributed by atoms with Crippen molar-refractivity contribution in [3.8, 4) is 0 Å². The molecule has 0 aliphatic heterocycles. The van der Waals surface area contributed by atoms with E-state index in [1.807, 2.05) is 31.3 Å². The van der Waals surface area contributed by atoms with Crippen LogP contribution in [-0.4, -0.2) is 34.7 Å². The van der Waals surface area contributed by atoms with Gasteiger partial charge in [0.05, 0.1) is 5.52 Å². The number of anilines is 3. The second kappa shape index (κ2) is 11.7. The molecule has 0 amide bonds. The number of fused-ring (bicyclic) bond motifs is 1. The van der Waals surface area contributed by atoms with Crippen LogP contribution in [0, 0.1) is 5.92 Å². The van der Waals surface area contributed by atoms with Gasteiger partial charge in [-0.05, 0) is 79.4 Å². The van der Waals surface area contributed by atoms with Crippen LogP contribution in [0.2, 0.25) is 0 Å². The number of hydrogen-bond donors (Lipinski definition) is 4. The van der Waals surface area contributed by atoms with Gasteiger partial charge in [0.1, 0.15) is 5.82 Å². The van der Waals surface area contributed by atoms with Crippen LogP contribution in [0.1, 0.15) is 63.5 Å². The lowest BCUT2D eigenvalue weighted by molar-refractivity contribution is 0.336. The fourth-order valence-electron chi connectivity index (χ4n) is 4.97. The van der Waals surface area contributed by atoms with Crippen molar-refractivity contribution in [2.75, 3.05) is 29.5 Å². The largest absolute Gasteiger partial charge is 0.372 e. The van der Waals surface area contributed by atoms with Crippen LogP contribution in [0.4, 0.5) is 17.5 Å². The van der Waals surface area contributed by atoms with E-state index < -0.39 is 0 Å². The van der Waals surface area contributed by atoms with Crippen molar-refractivity contribution in [1.82, 2.24) is 15.3 Å². The van der Waals surface area contributed by atoms with Crippen LogP contribution in [0.15, 0.2) is 42.5 Å². The monoisotopic (exact) mass is 490 g/mol. The van der Waals surface area contributed by atoms with Gasteiger partial charge in [0.15, 0.2) is 5.11 Å². The number of nitrogens with zero attached hydrogens (tertiary/aromatic N) is 2. The summed E-state index contributed by atoms with van der Waals surface area (Å²) in [6.07, 6.45) is 5.51. The van der Waals surface area contributed by atoms with Gasteiger partial charge in [0, 0.05) is 30.7 Å². The first kappa shape index (κ1) is 25.2. The number of benzene rings is 2. The lowest BCUT2D eigenvalue weighted by Gasteiger charge is -2.30. The Hall–Kier alpha value is -2.93. The molecule has 0 unspecified atom stereocenters. The van der Waals surface area contributed by atoms with Crippen LogP contribution in [0.25, 0.3) is 10.9 Å². The van der Waals surface area contributed by atoms with E-state index in [1.165, 1.54) is 16.8 Å². The highest BCUT2D eigenvalue weighted by Crippen LogP contribution is 2.29. The van der Waals surface area contributed by atoms with E-state index in [4.69, 9.17) is 22.2 Å². The molecule has 6 nitrogen and oxygen atoms in total. The van der Waals surface area contributed by atoms with Gasteiger partial charge in [0.25, 0.3) is 0 Å². The van der Waals surface area contributed by atoms with Crippen LogP contribution in [-0.2, 0) is 6.42 Å². The molecule has 1 aliphatic rings. The van der Waals surface area contributed by atoms with Gasteiger partial charge in [-0.2, -0.15) is 4.98 Å². The molecule has 0 bridgehead atoms. The molecule has 0 radical (unpaired) electrons. The van der Waals surface area contributed by atoms with Crippen LogP contribution in [0.5, 0.6) is 0 Å². The maximum atomic E-state index is 5.67. The molecule has 186 valence electrons. The van der Waals surface area contributed by atoms with Crippen LogP contribution >= 0.6 is 12.2 Å². The highest BCUT2D eigenvalue weighted by Gasteiger charge is 2.22. The van der Waals surface area contributed by atoms with Crippen molar-refractivity contribution >= 4 is 45.7 Å². The molecule has 1 aromatic heterocycles. The molecule has 1 fully saturated rings. The Morgan fingerprint density at radius 1 is 1.03 bits per heavy atom. The second-order valence-corrected chi connectivity index (χ2v) is 10.2. The highest BCUT2D eigenvalue weighted by atomic mass is 32.1. The SMILES string of the molecule is CCc1cccc(C(C)C)c1NC(=S)NCC1CCC(Nc2nc(NC)c3ccccc3n2)CC1. The zero-order valence-corrected chi connectivity index (χ0v) is 22.1. The van der Waals surface area contributed by atoms with Gasteiger partial charge in [-0.15, -0.1) is 0 Å². The predicted octanol–water partition coefficient (Wildman–Crippen LogP) is 6.31. The summed E-state index contributed by atoms with van der Waals surface area (Å²) >= 11 is 5.67. The Morgan fingerprint density at radius 3 is 2.51 bits per heavy atom.